The van der Waals surface area contributed by atoms with E-state index in [1.54, 1.807) is 11.3 Å². The van der Waals surface area contributed by atoms with Crippen molar-refractivity contribution < 1.29 is 4.74 Å². The van der Waals surface area contributed by atoms with Gasteiger partial charge < -0.3 is 14.5 Å². The fraction of sp³-hybridized carbons (Fsp3) is 0.615. The van der Waals surface area contributed by atoms with Crippen molar-refractivity contribution in [3.8, 4) is 0 Å². The van der Waals surface area contributed by atoms with Crippen molar-refractivity contribution in [3.05, 3.63) is 29.4 Å². The van der Waals surface area contributed by atoms with Gasteiger partial charge in [-0.2, -0.15) is 0 Å². The number of hydrogen-bond acceptors (Lipinski definition) is 9. The summed E-state index contributed by atoms with van der Waals surface area (Å²) in [4.78, 5) is 16.6. The number of anilines is 3. The van der Waals surface area contributed by atoms with Gasteiger partial charge in [0.15, 0.2) is 0 Å². The molecule has 1 saturated heterocycles. The minimum Gasteiger partial charge on any atom is -0.368 e. The standard InChI is InChI=1S/C26H39N7OSSi/c1-31-11-13-32(14-12-31)21-17-23-22(27-18-21)9-10-24(28-23)33(19-34-15-16-36(2,3)4)26-30-29-25(35-26)20-7-5-6-8-20/h9-10,17-18,20H,5-8,11-16,19H2,1-4H3. The molecule has 1 aliphatic carbocycles. The third kappa shape index (κ3) is 6.22. The molecule has 5 rings (SSSR count). The molecule has 1 saturated carbocycles. The summed E-state index contributed by atoms with van der Waals surface area (Å²) in [7, 11) is 1.01. The summed E-state index contributed by atoms with van der Waals surface area (Å²) in [6, 6.07) is 7.39. The molecule has 3 aromatic rings. The van der Waals surface area contributed by atoms with E-state index in [0.29, 0.717) is 12.6 Å². The molecule has 10 heteroatoms. The fourth-order valence-corrected chi connectivity index (χ4v) is 6.57. The Kier molecular flexibility index (Phi) is 7.85. The predicted octanol–water partition coefficient (Wildman–Crippen LogP) is 5.34. The lowest BCUT2D eigenvalue weighted by Gasteiger charge is -2.33. The number of hydrogen-bond donors (Lipinski definition) is 0. The lowest BCUT2D eigenvalue weighted by atomic mass is 10.1. The van der Waals surface area contributed by atoms with Crippen LogP contribution < -0.4 is 9.80 Å². The minimum atomic E-state index is -1.17. The highest BCUT2D eigenvalue weighted by Crippen LogP contribution is 2.38. The predicted molar refractivity (Wildman–Crippen MR) is 151 cm³/mol. The van der Waals surface area contributed by atoms with Crippen LogP contribution in [0.5, 0.6) is 0 Å². The van der Waals surface area contributed by atoms with Crippen LogP contribution in [0.3, 0.4) is 0 Å². The fourth-order valence-electron chi connectivity index (χ4n) is 4.80. The van der Waals surface area contributed by atoms with Crippen LogP contribution in [0.1, 0.15) is 36.6 Å². The summed E-state index contributed by atoms with van der Waals surface area (Å²) in [6.45, 7) is 12.5. The number of rotatable bonds is 9. The Morgan fingerprint density at radius 1 is 1.06 bits per heavy atom. The van der Waals surface area contributed by atoms with E-state index in [0.717, 1.165) is 71.5 Å². The SMILES string of the molecule is CN1CCN(c2cnc3ccc(N(COCC[Si](C)(C)C)c4nnc(C5CCCC5)s4)nc3c2)CC1. The molecule has 0 bridgehead atoms. The van der Waals surface area contributed by atoms with E-state index in [1.165, 1.54) is 25.7 Å². The van der Waals surface area contributed by atoms with Crippen molar-refractivity contribution >= 4 is 47.1 Å². The van der Waals surface area contributed by atoms with Gasteiger partial charge in [0, 0.05) is 46.8 Å². The van der Waals surface area contributed by atoms with Gasteiger partial charge >= 0.3 is 0 Å². The minimum absolute atomic E-state index is 0.424. The van der Waals surface area contributed by atoms with Gasteiger partial charge in [0.05, 0.1) is 22.9 Å². The molecular weight excluding hydrogens is 486 g/mol. The third-order valence-electron chi connectivity index (χ3n) is 7.24. The zero-order valence-electron chi connectivity index (χ0n) is 22.1. The Bertz CT molecular complexity index is 1150. The molecule has 0 N–H and O–H groups in total. The maximum Gasteiger partial charge on any atom is 0.215 e. The first-order valence-electron chi connectivity index (χ1n) is 13.2. The maximum atomic E-state index is 6.19. The quantitative estimate of drug-likeness (QED) is 0.211. The topological polar surface area (TPSA) is 70.5 Å². The summed E-state index contributed by atoms with van der Waals surface area (Å²) in [5, 5.41) is 11.2. The summed E-state index contributed by atoms with van der Waals surface area (Å²) in [5.41, 5.74) is 2.94. The number of ether oxygens (including phenoxy) is 1. The molecule has 2 aliphatic rings. The lowest BCUT2D eigenvalue weighted by molar-refractivity contribution is 0.153. The molecule has 0 spiro atoms. The van der Waals surface area contributed by atoms with E-state index in [-0.39, 0.29) is 0 Å². The summed E-state index contributed by atoms with van der Waals surface area (Å²) < 4.78 is 6.19. The molecule has 0 amide bonds. The molecule has 0 atom stereocenters. The summed E-state index contributed by atoms with van der Waals surface area (Å²) >= 11 is 1.69. The highest BCUT2D eigenvalue weighted by molar-refractivity contribution is 7.15. The number of nitrogens with zero attached hydrogens (tertiary/aromatic N) is 7. The molecule has 194 valence electrons. The Balaban J connectivity index is 1.40. The molecule has 0 unspecified atom stereocenters. The van der Waals surface area contributed by atoms with Crippen LogP contribution >= 0.6 is 11.3 Å². The second kappa shape index (κ2) is 11.1. The van der Waals surface area contributed by atoms with E-state index in [9.17, 15) is 0 Å². The van der Waals surface area contributed by atoms with E-state index in [1.807, 2.05) is 12.3 Å². The Labute approximate surface area is 219 Å². The zero-order valence-corrected chi connectivity index (χ0v) is 23.9. The van der Waals surface area contributed by atoms with Crippen molar-refractivity contribution in [2.24, 2.45) is 0 Å². The van der Waals surface area contributed by atoms with Crippen molar-refractivity contribution in [3.63, 3.8) is 0 Å². The molecule has 4 heterocycles. The highest BCUT2D eigenvalue weighted by Gasteiger charge is 2.24. The van der Waals surface area contributed by atoms with Crippen LogP contribution in [-0.2, 0) is 4.74 Å². The summed E-state index contributed by atoms with van der Waals surface area (Å²) in [6.07, 6.45) is 6.99. The number of likely N-dealkylation sites (N-methyl/N-ethyl adjacent to an activating group) is 1. The Hall–Kier alpha value is -2.14. The van der Waals surface area contributed by atoms with E-state index < -0.39 is 8.07 Å². The van der Waals surface area contributed by atoms with Crippen LogP contribution in [0.2, 0.25) is 25.7 Å². The molecule has 3 aromatic heterocycles. The van der Waals surface area contributed by atoms with Gasteiger partial charge in [-0.25, -0.2) is 4.98 Å². The van der Waals surface area contributed by atoms with Crippen molar-refractivity contribution in [2.45, 2.75) is 57.3 Å². The third-order valence-corrected chi connectivity index (χ3v) is 10.0. The van der Waals surface area contributed by atoms with Crippen LogP contribution in [-0.4, -0.2) is 79.7 Å². The van der Waals surface area contributed by atoms with Gasteiger partial charge in [-0.3, -0.25) is 9.88 Å². The van der Waals surface area contributed by atoms with Crippen molar-refractivity contribution in [2.75, 3.05) is 56.4 Å². The number of pyridine rings is 2. The highest BCUT2D eigenvalue weighted by atomic mass is 32.1. The molecular formula is C26H39N7OSSi. The largest absolute Gasteiger partial charge is 0.368 e. The number of fused-ring (bicyclic) bond motifs is 1. The monoisotopic (exact) mass is 525 g/mol. The van der Waals surface area contributed by atoms with E-state index in [4.69, 9.17) is 14.7 Å². The smallest absolute Gasteiger partial charge is 0.215 e. The van der Waals surface area contributed by atoms with E-state index in [2.05, 4.69) is 63.7 Å². The van der Waals surface area contributed by atoms with Crippen molar-refractivity contribution in [1.82, 2.24) is 25.1 Å². The first-order valence-corrected chi connectivity index (χ1v) is 17.8. The van der Waals surface area contributed by atoms with Gasteiger partial charge in [0.25, 0.3) is 0 Å². The van der Waals surface area contributed by atoms with Crippen LogP contribution in [0, 0.1) is 0 Å². The Morgan fingerprint density at radius 3 is 2.58 bits per heavy atom. The second-order valence-corrected chi connectivity index (χ2v) is 18.0. The molecule has 8 nitrogen and oxygen atoms in total. The molecule has 36 heavy (non-hydrogen) atoms. The van der Waals surface area contributed by atoms with Crippen LogP contribution in [0.4, 0.5) is 16.6 Å². The normalized spacial score (nSPS) is 17.8. The van der Waals surface area contributed by atoms with Gasteiger partial charge in [0.2, 0.25) is 5.13 Å². The molecule has 0 radical (unpaired) electrons. The van der Waals surface area contributed by atoms with Crippen molar-refractivity contribution in [1.29, 1.82) is 0 Å². The molecule has 0 aromatic carbocycles. The van der Waals surface area contributed by atoms with E-state index >= 15 is 0 Å². The number of aromatic nitrogens is 4. The number of piperazine rings is 1. The summed E-state index contributed by atoms with van der Waals surface area (Å²) in [5.74, 6) is 1.38. The average molecular weight is 526 g/mol. The first-order chi connectivity index (χ1) is 17.4. The Morgan fingerprint density at radius 2 is 1.83 bits per heavy atom. The second-order valence-electron chi connectivity index (χ2n) is 11.4. The maximum absolute atomic E-state index is 6.19. The molecule has 1 aliphatic heterocycles. The zero-order chi connectivity index (χ0) is 25.1. The first kappa shape index (κ1) is 25.5. The van der Waals surface area contributed by atoms with Crippen LogP contribution in [0.25, 0.3) is 11.0 Å². The lowest BCUT2D eigenvalue weighted by Crippen LogP contribution is -2.44. The van der Waals surface area contributed by atoms with Gasteiger partial charge in [0.1, 0.15) is 17.6 Å². The van der Waals surface area contributed by atoms with Gasteiger partial charge in [-0.15, -0.1) is 10.2 Å². The van der Waals surface area contributed by atoms with Crippen LogP contribution in [0.15, 0.2) is 24.4 Å². The molecule has 2 fully saturated rings. The average Bonchev–Trinajstić information content (AvgIpc) is 3.56. The van der Waals surface area contributed by atoms with Gasteiger partial charge in [-0.05, 0) is 44.1 Å². The van der Waals surface area contributed by atoms with Gasteiger partial charge in [-0.1, -0.05) is 43.8 Å².